The summed E-state index contributed by atoms with van der Waals surface area (Å²) >= 11 is 6.48. The van der Waals surface area contributed by atoms with Gasteiger partial charge in [0.1, 0.15) is 0 Å². The molecular formula is C16H27ClO. The van der Waals surface area contributed by atoms with E-state index in [1.807, 2.05) is 0 Å². The summed E-state index contributed by atoms with van der Waals surface area (Å²) in [4.78, 5) is 0. The fourth-order valence-corrected chi connectivity index (χ4v) is 4.77. The summed E-state index contributed by atoms with van der Waals surface area (Å²) in [6.07, 6.45) is 16.5. The molecule has 3 atom stereocenters. The quantitative estimate of drug-likeness (QED) is 0.638. The monoisotopic (exact) mass is 270 g/mol. The highest BCUT2D eigenvalue weighted by Gasteiger charge is 2.41. The van der Waals surface area contributed by atoms with Gasteiger partial charge in [0.2, 0.25) is 0 Å². The fourth-order valence-electron chi connectivity index (χ4n) is 4.39. The van der Waals surface area contributed by atoms with Gasteiger partial charge in [-0.05, 0) is 50.9 Å². The minimum absolute atomic E-state index is 0.291. The molecule has 0 aromatic heterocycles. The first-order chi connectivity index (χ1) is 8.77. The Hall–Kier alpha value is 0.250. The lowest BCUT2D eigenvalue weighted by molar-refractivity contribution is -0.0707. The predicted octanol–water partition coefficient (Wildman–Crippen LogP) is 5.06. The van der Waals surface area contributed by atoms with Crippen molar-refractivity contribution < 1.29 is 4.74 Å². The Labute approximate surface area is 117 Å². The smallest absolute Gasteiger partial charge is 0.0687 e. The van der Waals surface area contributed by atoms with Crippen molar-refractivity contribution in [2.45, 2.75) is 94.1 Å². The van der Waals surface area contributed by atoms with Crippen molar-refractivity contribution in [3.05, 3.63) is 0 Å². The third-order valence-electron chi connectivity index (χ3n) is 5.49. The fraction of sp³-hybridized carbons (Fsp3) is 1.00. The van der Waals surface area contributed by atoms with Crippen LogP contribution in [0.5, 0.6) is 0 Å². The van der Waals surface area contributed by atoms with Gasteiger partial charge in [0.05, 0.1) is 11.7 Å². The van der Waals surface area contributed by atoms with Crippen LogP contribution in [0.15, 0.2) is 0 Å². The van der Waals surface area contributed by atoms with Crippen molar-refractivity contribution in [2.75, 3.05) is 0 Å². The van der Waals surface area contributed by atoms with Crippen molar-refractivity contribution in [3.63, 3.8) is 0 Å². The van der Waals surface area contributed by atoms with Crippen LogP contribution in [0.25, 0.3) is 0 Å². The number of alkyl halides is 1. The van der Waals surface area contributed by atoms with Crippen LogP contribution in [0.2, 0.25) is 0 Å². The van der Waals surface area contributed by atoms with Gasteiger partial charge in [0.15, 0.2) is 0 Å². The summed E-state index contributed by atoms with van der Waals surface area (Å²) in [5.41, 5.74) is 0.291. The van der Waals surface area contributed by atoms with Crippen molar-refractivity contribution in [3.8, 4) is 0 Å². The molecule has 0 amide bonds. The van der Waals surface area contributed by atoms with Crippen LogP contribution in [0.1, 0.15) is 77.0 Å². The Morgan fingerprint density at radius 1 is 0.889 bits per heavy atom. The molecule has 0 aromatic carbocycles. The molecule has 3 aliphatic rings. The van der Waals surface area contributed by atoms with Crippen LogP contribution in [-0.2, 0) is 4.74 Å². The summed E-state index contributed by atoms with van der Waals surface area (Å²) in [6, 6.07) is 0. The van der Waals surface area contributed by atoms with E-state index in [2.05, 4.69) is 0 Å². The van der Waals surface area contributed by atoms with E-state index in [0.29, 0.717) is 17.1 Å². The maximum absolute atomic E-state index is 6.48. The van der Waals surface area contributed by atoms with Gasteiger partial charge in [-0.1, -0.05) is 32.1 Å². The van der Waals surface area contributed by atoms with E-state index in [-0.39, 0.29) is 0 Å². The molecule has 1 aliphatic heterocycles. The third kappa shape index (κ3) is 2.88. The summed E-state index contributed by atoms with van der Waals surface area (Å²) in [5.74, 6) is 0.726. The number of rotatable bonds is 2. The number of hydrogen-bond donors (Lipinski definition) is 0. The van der Waals surface area contributed by atoms with E-state index < -0.39 is 0 Å². The molecule has 0 radical (unpaired) electrons. The molecule has 0 N–H and O–H groups in total. The molecule has 1 spiro atoms. The average Bonchev–Trinajstić information content (AvgIpc) is 2.76. The van der Waals surface area contributed by atoms with E-state index >= 15 is 0 Å². The molecule has 1 heterocycles. The van der Waals surface area contributed by atoms with Gasteiger partial charge in [-0.2, -0.15) is 0 Å². The maximum atomic E-state index is 6.48. The molecule has 3 unspecified atom stereocenters. The maximum Gasteiger partial charge on any atom is 0.0687 e. The highest BCUT2D eigenvalue weighted by Crippen LogP contribution is 2.44. The molecule has 1 saturated heterocycles. The SMILES string of the molecule is ClC1CCCCC1CC1CCC2(CCCCC2)O1. The molecule has 2 aliphatic carbocycles. The first-order valence-corrected chi connectivity index (χ1v) is 8.53. The lowest BCUT2D eigenvalue weighted by Crippen LogP contribution is -2.32. The van der Waals surface area contributed by atoms with Crippen molar-refractivity contribution in [1.29, 1.82) is 0 Å². The van der Waals surface area contributed by atoms with Crippen molar-refractivity contribution in [2.24, 2.45) is 5.92 Å². The van der Waals surface area contributed by atoms with Gasteiger partial charge in [-0.3, -0.25) is 0 Å². The normalized spacial score (nSPS) is 40.2. The van der Waals surface area contributed by atoms with Crippen LogP contribution in [0, 0.1) is 5.92 Å². The largest absolute Gasteiger partial charge is 0.372 e. The van der Waals surface area contributed by atoms with Gasteiger partial charge in [0.25, 0.3) is 0 Å². The van der Waals surface area contributed by atoms with Crippen LogP contribution in [0.4, 0.5) is 0 Å². The zero-order valence-electron chi connectivity index (χ0n) is 11.5. The van der Waals surface area contributed by atoms with E-state index in [1.54, 1.807) is 0 Å². The Balaban J connectivity index is 1.52. The molecule has 18 heavy (non-hydrogen) atoms. The van der Waals surface area contributed by atoms with Crippen LogP contribution < -0.4 is 0 Å². The second-order valence-electron chi connectivity index (χ2n) is 6.82. The molecule has 0 aromatic rings. The highest BCUT2D eigenvalue weighted by molar-refractivity contribution is 6.20. The molecular weight excluding hydrogens is 244 g/mol. The number of hydrogen-bond acceptors (Lipinski definition) is 1. The minimum atomic E-state index is 0.291. The second-order valence-corrected chi connectivity index (χ2v) is 7.38. The van der Waals surface area contributed by atoms with Crippen molar-refractivity contribution >= 4 is 11.6 Å². The summed E-state index contributed by atoms with van der Waals surface area (Å²) in [5, 5.41) is 0.422. The highest BCUT2D eigenvalue weighted by atomic mass is 35.5. The van der Waals surface area contributed by atoms with E-state index in [9.17, 15) is 0 Å². The van der Waals surface area contributed by atoms with E-state index in [0.717, 1.165) is 5.92 Å². The summed E-state index contributed by atoms with van der Waals surface area (Å²) in [7, 11) is 0. The Bertz CT molecular complexity index is 272. The molecule has 2 heteroatoms. The summed E-state index contributed by atoms with van der Waals surface area (Å²) in [6.45, 7) is 0. The number of ether oxygens (including phenoxy) is 1. The van der Waals surface area contributed by atoms with E-state index in [1.165, 1.54) is 77.0 Å². The minimum Gasteiger partial charge on any atom is -0.372 e. The van der Waals surface area contributed by atoms with Gasteiger partial charge >= 0.3 is 0 Å². The van der Waals surface area contributed by atoms with E-state index in [4.69, 9.17) is 16.3 Å². The lowest BCUT2D eigenvalue weighted by atomic mass is 9.82. The Morgan fingerprint density at radius 3 is 2.44 bits per heavy atom. The Kier molecular flexibility index (Phi) is 4.20. The van der Waals surface area contributed by atoms with Crippen molar-refractivity contribution in [1.82, 2.24) is 0 Å². The van der Waals surface area contributed by atoms with Crippen LogP contribution >= 0.6 is 11.6 Å². The van der Waals surface area contributed by atoms with Gasteiger partial charge in [0, 0.05) is 5.38 Å². The van der Waals surface area contributed by atoms with Crippen LogP contribution in [-0.4, -0.2) is 17.1 Å². The molecule has 2 saturated carbocycles. The molecule has 104 valence electrons. The first kappa shape index (κ1) is 13.2. The summed E-state index contributed by atoms with van der Waals surface area (Å²) < 4.78 is 6.48. The first-order valence-electron chi connectivity index (χ1n) is 8.09. The zero-order chi connectivity index (χ0) is 12.4. The molecule has 0 bridgehead atoms. The third-order valence-corrected chi connectivity index (χ3v) is 6.06. The zero-order valence-corrected chi connectivity index (χ0v) is 12.3. The Morgan fingerprint density at radius 2 is 1.67 bits per heavy atom. The molecule has 1 nitrogen and oxygen atoms in total. The molecule has 3 fully saturated rings. The predicted molar refractivity (Wildman–Crippen MR) is 76.1 cm³/mol. The average molecular weight is 271 g/mol. The standard InChI is InChI=1S/C16H27ClO/c17-15-7-3-2-6-13(15)12-14-8-11-16(18-14)9-4-1-5-10-16/h13-15H,1-12H2. The lowest BCUT2D eigenvalue weighted by Gasteiger charge is -2.34. The van der Waals surface area contributed by atoms with Gasteiger partial charge in [-0.25, -0.2) is 0 Å². The number of halogens is 1. The van der Waals surface area contributed by atoms with Gasteiger partial charge in [-0.15, -0.1) is 11.6 Å². The van der Waals surface area contributed by atoms with Gasteiger partial charge < -0.3 is 4.74 Å². The second kappa shape index (κ2) is 5.71. The topological polar surface area (TPSA) is 9.23 Å². The molecule has 3 rings (SSSR count). The van der Waals surface area contributed by atoms with Crippen LogP contribution in [0.3, 0.4) is 0 Å².